The van der Waals surface area contributed by atoms with Gasteiger partial charge in [0.05, 0.1) is 12.6 Å². The molecule has 4 heteroatoms. The lowest BCUT2D eigenvalue weighted by atomic mass is 10.2. The molecular formula is C11H17N3O. The van der Waals surface area contributed by atoms with Crippen LogP contribution in [0.2, 0.25) is 0 Å². The molecule has 2 heterocycles. The molecule has 15 heavy (non-hydrogen) atoms. The third-order valence-electron chi connectivity index (χ3n) is 2.77. The Balaban J connectivity index is 2.20. The second-order valence-corrected chi connectivity index (χ2v) is 4.04. The maximum Gasteiger partial charge on any atom is 0.132 e. The normalized spacial score (nSPS) is 20.6. The fraction of sp³-hybridized carbons (Fsp3) is 0.636. The molecule has 4 nitrogen and oxygen atoms in total. The van der Waals surface area contributed by atoms with Gasteiger partial charge in [0.1, 0.15) is 11.6 Å². The zero-order chi connectivity index (χ0) is 10.8. The van der Waals surface area contributed by atoms with Crippen LogP contribution in [0.15, 0.2) is 6.07 Å². The van der Waals surface area contributed by atoms with Crippen molar-refractivity contribution in [3.8, 4) is 0 Å². The average molecular weight is 207 g/mol. The smallest absolute Gasteiger partial charge is 0.132 e. The third kappa shape index (κ3) is 2.26. The molecule has 1 saturated heterocycles. The number of anilines is 1. The van der Waals surface area contributed by atoms with Crippen molar-refractivity contribution < 1.29 is 4.74 Å². The maximum absolute atomic E-state index is 5.38. The Labute approximate surface area is 90.3 Å². The average Bonchev–Trinajstić information content (AvgIpc) is 2.67. The van der Waals surface area contributed by atoms with Crippen LogP contribution in [-0.4, -0.2) is 36.3 Å². The molecule has 1 aromatic rings. The lowest BCUT2D eigenvalue weighted by Crippen LogP contribution is -2.32. The van der Waals surface area contributed by atoms with Crippen LogP contribution in [0.3, 0.4) is 0 Å². The number of nitrogens with zero attached hydrogens (tertiary/aromatic N) is 3. The molecule has 1 aromatic heterocycles. The quantitative estimate of drug-likeness (QED) is 0.733. The van der Waals surface area contributed by atoms with Crippen LogP contribution in [0.1, 0.15) is 17.9 Å². The van der Waals surface area contributed by atoms with E-state index in [1.807, 2.05) is 19.9 Å². The standard InChI is InChI=1S/C11H17N3O/c1-8-6-11(13-9(2)12-8)14(3)10-4-5-15-7-10/h6,10H,4-5,7H2,1-3H3. The largest absolute Gasteiger partial charge is 0.379 e. The van der Waals surface area contributed by atoms with E-state index in [0.29, 0.717) is 6.04 Å². The minimum atomic E-state index is 0.457. The molecule has 0 saturated carbocycles. The van der Waals surface area contributed by atoms with Gasteiger partial charge >= 0.3 is 0 Å². The van der Waals surface area contributed by atoms with Crippen LogP contribution in [0.4, 0.5) is 5.82 Å². The molecule has 0 amide bonds. The number of rotatable bonds is 2. The first-order valence-electron chi connectivity index (χ1n) is 5.29. The van der Waals surface area contributed by atoms with Crippen LogP contribution in [0, 0.1) is 13.8 Å². The number of aryl methyl sites for hydroxylation is 2. The number of hydrogen-bond acceptors (Lipinski definition) is 4. The summed E-state index contributed by atoms with van der Waals surface area (Å²) in [4.78, 5) is 10.9. The van der Waals surface area contributed by atoms with Crippen LogP contribution >= 0.6 is 0 Å². The Hall–Kier alpha value is -1.16. The highest BCUT2D eigenvalue weighted by molar-refractivity contribution is 5.40. The van der Waals surface area contributed by atoms with Crippen molar-refractivity contribution in [3.05, 3.63) is 17.6 Å². The van der Waals surface area contributed by atoms with Crippen molar-refractivity contribution in [2.24, 2.45) is 0 Å². The highest BCUT2D eigenvalue weighted by atomic mass is 16.5. The van der Waals surface area contributed by atoms with Crippen LogP contribution in [0.5, 0.6) is 0 Å². The van der Waals surface area contributed by atoms with Crippen molar-refractivity contribution in [2.75, 3.05) is 25.2 Å². The number of likely N-dealkylation sites (N-methyl/N-ethyl adjacent to an activating group) is 1. The Morgan fingerprint density at radius 3 is 2.80 bits per heavy atom. The fourth-order valence-corrected chi connectivity index (χ4v) is 1.89. The molecule has 1 atom stereocenters. The second-order valence-electron chi connectivity index (χ2n) is 4.04. The Morgan fingerprint density at radius 1 is 1.40 bits per heavy atom. The minimum absolute atomic E-state index is 0.457. The molecule has 82 valence electrons. The van der Waals surface area contributed by atoms with Crippen molar-refractivity contribution in [3.63, 3.8) is 0 Å². The minimum Gasteiger partial charge on any atom is -0.379 e. The van der Waals surface area contributed by atoms with Gasteiger partial charge < -0.3 is 9.64 Å². The molecule has 0 bridgehead atoms. The number of ether oxygens (including phenoxy) is 1. The summed E-state index contributed by atoms with van der Waals surface area (Å²) in [5.74, 6) is 1.83. The van der Waals surface area contributed by atoms with Crippen LogP contribution in [0.25, 0.3) is 0 Å². The molecule has 0 aliphatic carbocycles. The van der Waals surface area contributed by atoms with E-state index in [1.54, 1.807) is 0 Å². The Kier molecular flexibility index (Phi) is 2.86. The molecular weight excluding hydrogens is 190 g/mol. The van der Waals surface area contributed by atoms with Gasteiger partial charge in [-0.1, -0.05) is 0 Å². The van der Waals surface area contributed by atoms with E-state index >= 15 is 0 Å². The van der Waals surface area contributed by atoms with E-state index in [2.05, 4.69) is 21.9 Å². The summed E-state index contributed by atoms with van der Waals surface area (Å²) in [6, 6.07) is 2.48. The Bertz CT molecular complexity index is 327. The molecule has 1 fully saturated rings. The predicted molar refractivity (Wildman–Crippen MR) is 59.1 cm³/mol. The second kappa shape index (κ2) is 4.14. The van der Waals surface area contributed by atoms with Gasteiger partial charge in [-0.3, -0.25) is 0 Å². The van der Waals surface area contributed by atoms with Crippen molar-refractivity contribution in [2.45, 2.75) is 26.3 Å². The van der Waals surface area contributed by atoms with E-state index in [9.17, 15) is 0 Å². The number of aromatic nitrogens is 2. The van der Waals surface area contributed by atoms with E-state index in [4.69, 9.17) is 4.74 Å². The summed E-state index contributed by atoms with van der Waals surface area (Å²) >= 11 is 0. The molecule has 1 aliphatic heterocycles. The van der Waals surface area contributed by atoms with E-state index < -0.39 is 0 Å². The highest BCUT2D eigenvalue weighted by Gasteiger charge is 2.21. The molecule has 1 unspecified atom stereocenters. The van der Waals surface area contributed by atoms with Gasteiger partial charge in [-0.15, -0.1) is 0 Å². The summed E-state index contributed by atoms with van der Waals surface area (Å²) in [6.07, 6.45) is 1.08. The lowest BCUT2D eigenvalue weighted by molar-refractivity contribution is 0.193. The molecule has 0 spiro atoms. The maximum atomic E-state index is 5.38. The van der Waals surface area contributed by atoms with E-state index in [-0.39, 0.29) is 0 Å². The third-order valence-corrected chi connectivity index (χ3v) is 2.77. The van der Waals surface area contributed by atoms with Crippen molar-refractivity contribution in [1.29, 1.82) is 0 Å². The summed E-state index contributed by atoms with van der Waals surface area (Å²) in [6.45, 7) is 5.59. The monoisotopic (exact) mass is 207 g/mol. The molecule has 0 N–H and O–H groups in total. The highest BCUT2D eigenvalue weighted by Crippen LogP contribution is 2.18. The lowest BCUT2D eigenvalue weighted by Gasteiger charge is -2.24. The van der Waals surface area contributed by atoms with Gasteiger partial charge in [0.15, 0.2) is 0 Å². The topological polar surface area (TPSA) is 38.2 Å². The molecule has 2 rings (SSSR count). The zero-order valence-electron chi connectivity index (χ0n) is 9.53. The number of hydrogen-bond donors (Lipinski definition) is 0. The molecule has 1 aliphatic rings. The van der Waals surface area contributed by atoms with Gasteiger partial charge in [-0.25, -0.2) is 9.97 Å². The van der Waals surface area contributed by atoms with Gasteiger partial charge in [-0.05, 0) is 20.3 Å². The predicted octanol–water partition coefficient (Wildman–Crippen LogP) is 1.32. The van der Waals surface area contributed by atoms with Crippen LogP contribution < -0.4 is 4.90 Å². The van der Waals surface area contributed by atoms with Gasteiger partial charge in [0.25, 0.3) is 0 Å². The van der Waals surface area contributed by atoms with Gasteiger partial charge in [-0.2, -0.15) is 0 Å². The molecule has 0 radical (unpaired) electrons. The van der Waals surface area contributed by atoms with Crippen molar-refractivity contribution in [1.82, 2.24) is 9.97 Å². The summed E-state index contributed by atoms with van der Waals surface area (Å²) < 4.78 is 5.38. The summed E-state index contributed by atoms with van der Waals surface area (Å²) in [7, 11) is 2.07. The van der Waals surface area contributed by atoms with Crippen molar-refractivity contribution >= 4 is 5.82 Å². The molecule has 0 aromatic carbocycles. The summed E-state index contributed by atoms with van der Waals surface area (Å²) in [5, 5.41) is 0. The first-order chi connectivity index (χ1) is 7.16. The van der Waals surface area contributed by atoms with Gasteiger partial charge in [0, 0.05) is 25.4 Å². The first kappa shape index (κ1) is 10.4. The fourth-order valence-electron chi connectivity index (χ4n) is 1.89. The SMILES string of the molecule is Cc1cc(N(C)C2CCOC2)nc(C)n1. The van der Waals surface area contributed by atoms with Gasteiger partial charge in [0.2, 0.25) is 0 Å². The van der Waals surface area contributed by atoms with Crippen LogP contribution in [-0.2, 0) is 4.74 Å². The zero-order valence-corrected chi connectivity index (χ0v) is 9.53. The Morgan fingerprint density at radius 2 is 2.20 bits per heavy atom. The first-order valence-corrected chi connectivity index (χ1v) is 5.29. The van der Waals surface area contributed by atoms with E-state index in [1.165, 1.54) is 0 Å². The summed E-state index contributed by atoms with van der Waals surface area (Å²) in [5.41, 5.74) is 1.02. The van der Waals surface area contributed by atoms with E-state index in [0.717, 1.165) is 37.0 Å².